The largest absolute Gasteiger partial charge is 0.486 e. The van der Waals surface area contributed by atoms with Crippen LogP contribution in [0.3, 0.4) is 0 Å². The molecule has 3 heterocycles. The minimum Gasteiger partial charge on any atom is -0.486 e. The highest BCUT2D eigenvalue weighted by molar-refractivity contribution is 6.19. The number of carbonyl (C=O) groups is 2. The molecule has 6 heteroatoms. The molecule has 2 atom stereocenters. The third-order valence-electron chi connectivity index (χ3n) is 6.30. The number of imide groups is 1. The van der Waals surface area contributed by atoms with Crippen molar-refractivity contribution in [2.75, 3.05) is 26.2 Å². The molecule has 28 heavy (non-hydrogen) atoms. The molecule has 1 aromatic carbocycles. The molecule has 2 unspecified atom stereocenters. The van der Waals surface area contributed by atoms with E-state index in [4.69, 9.17) is 9.47 Å². The van der Waals surface area contributed by atoms with Crippen LogP contribution >= 0.6 is 0 Å². The van der Waals surface area contributed by atoms with Gasteiger partial charge in [-0.25, -0.2) is 0 Å². The number of piperidine rings is 1. The number of hydrogen-bond acceptors (Lipinski definition) is 5. The van der Waals surface area contributed by atoms with Gasteiger partial charge in [0.25, 0.3) is 11.8 Å². The first-order valence-corrected chi connectivity index (χ1v) is 10.4. The van der Waals surface area contributed by atoms with Crippen LogP contribution in [0.1, 0.15) is 38.5 Å². The first kappa shape index (κ1) is 17.7. The molecular formula is C22H26N2O4. The summed E-state index contributed by atoms with van der Waals surface area (Å²) < 4.78 is 11.9. The van der Waals surface area contributed by atoms with Crippen LogP contribution in [0.25, 0.3) is 0 Å². The summed E-state index contributed by atoms with van der Waals surface area (Å²) in [6.45, 7) is 2.95. The lowest BCUT2D eigenvalue weighted by Crippen LogP contribution is -2.53. The highest BCUT2D eigenvalue weighted by Crippen LogP contribution is 2.36. The first-order valence-electron chi connectivity index (χ1n) is 10.4. The quantitative estimate of drug-likeness (QED) is 0.752. The number of para-hydroxylation sites is 2. The van der Waals surface area contributed by atoms with E-state index in [0.717, 1.165) is 80.8 Å². The zero-order chi connectivity index (χ0) is 19.1. The maximum atomic E-state index is 12.9. The van der Waals surface area contributed by atoms with Crippen molar-refractivity contribution in [2.45, 2.75) is 50.7 Å². The Hall–Kier alpha value is -2.34. The molecule has 1 saturated heterocycles. The van der Waals surface area contributed by atoms with Crippen molar-refractivity contribution in [1.29, 1.82) is 0 Å². The van der Waals surface area contributed by atoms with Gasteiger partial charge in [0.1, 0.15) is 12.7 Å². The van der Waals surface area contributed by atoms with Gasteiger partial charge in [0.05, 0.1) is 6.04 Å². The zero-order valence-electron chi connectivity index (χ0n) is 16.1. The minimum atomic E-state index is -0.0371. The summed E-state index contributed by atoms with van der Waals surface area (Å²) in [5.41, 5.74) is 1.57. The first-order chi connectivity index (χ1) is 13.7. The summed E-state index contributed by atoms with van der Waals surface area (Å²) in [5.74, 6) is 1.52. The van der Waals surface area contributed by atoms with E-state index in [1.165, 1.54) is 0 Å². The van der Waals surface area contributed by atoms with E-state index in [0.29, 0.717) is 6.61 Å². The molecule has 0 aromatic heterocycles. The summed E-state index contributed by atoms with van der Waals surface area (Å²) in [5, 5.41) is 0. The summed E-state index contributed by atoms with van der Waals surface area (Å²) in [6, 6.07) is 7.70. The number of rotatable bonds is 3. The average Bonchev–Trinajstić information content (AvgIpc) is 2.99. The van der Waals surface area contributed by atoms with Crippen molar-refractivity contribution in [2.24, 2.45) is 0 Å². The summed E-state index contributed by atoms with van der Waals surface area (Å²) in [4.78, 5) is 29.6. The highest BCUT2D eigenvalue weighted by Gasteiger charge is 2.43. The molecule has 0 bridgehead atoms. The second-order valence-corrected chi connectivity index (χ2v) is 8.20. The smallest absolute Gasteiger partial charge is 0.257 e. The highest BCUT2D eigenvalue weighted by atomic mass is 16.6. The van der Waals surface area contributed by atoms with E-state index >= 15 is 0 Å². The third-order valence-corrected chi connectivity index (χ3v) is 6.30. The van der Waals surface area contributed by atoms with Crippen LogP contribution in [-0.2, 0) is 9.59 Å². The number of fused-ring (bicyclic) bond motifs is 1. The molecule has 4 aliphatic rings. The van der Waals surface area contributed by atoms with E-state index in [9.17, 15) is 9.59 Å². The van der Waals surface area contributed by atoms with Crippen LogP contribution in [0, 0.1) is 0 Å². The average molecular weight is 382 g/mol. The molecular weight excluding hydrogens is 356 g/mol. The molecule has 148 valence electrons. The Morgan fingerprint density at radius 1 is 0.964 bits per heavy atom. The van der Waals surface area contributed by atoms with E-state index in [1.54, 1.807) is 4.90 Å². The van der Waals surface area contributed by atoms with Gasteiger partial charge in [0.15, 0.2) is 11.5 Å². The number of hydrogen-bond donors (Lipinski definition) is 0. The number of amides is 2. The monoisotopic (exact) mass is 382 g/mol. The lowest BCUT2D eigenvalue weighted by molar-refractivity contribution is -0.141. The summed E-state index contributed by atoms with van der Waals surface area (Å²) in [7, 11) is 0. The van der Waals surface area contributed by atoms with Crippen molar-refractivity contribution < 1.29 is 19.1 Å². The van der Waals surface area contributed by atoms with Gasteiger partial charge in [0.2, 0.25) is 0 Å². The number of carbonyl (C=O) groups excluding carboxylic acids is 2. The molecule has 1 aliphatic carbocycles. The van der Waals surface area contributed by atoms with Gasteiger partial charge in [-0.1, -0.05) is 12.1 Å². The van der Waals surface area contributed by atoms with Crippen molar-refractivity contribution in [3.05, 3.63) is 35.4 Å². The lowest BCUT2D eigenvalue weighted by atomic mass is 9.93. The van der Waals surface area contributed by atoms with Gasteiger partial charge in [-0.3, -0.25) is 19.4 Å². The van der Waals surface area contributed by atoms with Crippen LogP contribution in [-0.4, -0.2) is 60.0 Å². The molecule has 6 nitrogen and oxygen atoms in total. The van der Waals surface area contributed by atoms with Crippen LogP contribution in [0.2, 0.25) is 0 Å². The predicted molar refractivity (Wildman–Crippen MR) is 103 cm³/mol. The van der Waals surface area contributed by atoms with Crippen molar-refractivity contribution in [1.82, 2.24) is 9.80 Å². The Balaban J connectivity index is 1.24. The second kappa shape index (κ2) is 7.24. The Bertz CT molecular complexity index is 806. The van der Waals surface area contributed by atoms with Gasteiger partial charge in [-0.05, 0) is 57.2 Å². The van der Waals surface area contributed by atoms with E-state index < -0.39 is 0 Å². The molecule has 2 amide bonds. The fraction of sp³-hybridized carbons (Fsp3) is 0.545. The van der Waals surface area contributed by atoms with E-state index in [-0.39, 0.29) is 24.0 Å². The Morgan fingerprint density at radius 3 is 2.43 bits per heavy atom. The standard InChI is InChI=1S/C22H26N2O4/c25-21-17-7-1-2-8-18(17)22(26)24(21)15-6-5-11-23(12-15)13-16-14-27-19-9-3-4-10-20(19)28-16/h3-4,9-10,15-16H,1-2,5-8,11-14H2. The van der Waals surface area contributed by atoms with Crippen LogP contribution in [0.15, 0.2) is 35.4 Å². The van der Waals surface area contributed by atoms with Gasteiger partial charge in [0, 0.05) is 24.2 Å². The van der Waals surface area contributed by atoms with Crippen molar-refractivity contribution in [3.63, 3.8) is 0 Å². The Kier molecular flexibility index (Phi) is 4.59. The maximum Gasteiger partial charge on any atom is 0.257 e. The van der Waals surface area contributed by atoms with Crippen LogP contribution < -0.4 is 9.47 Å². The Labute approximate surface area is 165 Å². The predicted octanol–water partition coefficient (Wildman–Crippen LogP) is 2.53. The summed E-state index contributed by atoms with van der Waals surface area (Å²) in [6.07, 6.45) is 5.39. The van der Waals surface area contributed by atoms with Crippen LogP contribution in [0.5, 0.6) is 11.5 Å². The summed E-state index contributed by atoms with van der Waals surface area (Å²) >= 11 is 0. The van der Waals surface area contributed by atoms with Crippen molar-refractivity contribution in [3.8, 4) is 11.5 Å². The lowest BCUT2D eigenvalue weighted by Gasteiger charge is -2.39. The fourth-order valence-corrected chi connectivity index (χ4v) is 4.94. The van der Waals surface area contributed by atoms with E-state index in [2.05, 4.69) is 4.90 Å². The topological polar surface area (TPSA) is 59.1 Å². The molecule has 0 radical (unpaired) electrons. The van der Waals surface area contributed by atoms with Crippen LogP contribution in [0.4, 0.5) is 0 Å². The number of ether oxygens (including phenoxy) is 2. The molecule has 0 spiro atoms. The van der Waals surface area contributed by atoms with Gasteiger partial charge < -0.3 is 9.47 Å². The van der Waals surface area contributed by atoms with E-state index in [1.807, 2.05) is 24.3 Å². The third kappa shape index (κ3) is 3.09. The van der Waals surface area contributed by atoms with Gasteiger partial charge in [-0.15, -0.1) is 0 Å². The zero-order valence-corrected chi connectivity index (χ0v) is 16.1. The fourth-order valence-electron chi connectivity index (χ4n) is 4.94. The maximum absolute atomic E-state index is 12.9. The number of nitrogens with zero attached hydrogens (tertiary/aromatic N) is 2. The number of likely N-dealkylation sites (tertiary alicyclic amines) is 1. The van der Waals surface area contributed by atoms with Crippen molar-refractivity contribution >= 4 is 11.8 Å². The van der Waals surface area contributed by atoms with Gasteiger partial charge in [-0.2, -0.15) is 0 Å². The molecule has 0 N–H and O–H groups in total. The minimum absolute atomic E-state index is 0.0299. The molecule has 5 rings (SSSR count). The molecule has 0 saturated carbocycles. The normalized spacial score (nSPS) is 27.9. The molecule has 1 aromatic rings. The molecule has 3 aliphatic heterocycles. The number of benzene rings is 1. The molecule has 1 fully saturated rings. The van der Waals surface area contributed by atoms with Gasteiger partial charge >= 0.3 is 0 Å². The Morgan fingerprint density at radius 2 is 1.68 bits per heavy atom. The SMILES string of the molecule is O=C1C2=C(CCCC2)C(=O)N1C1CCCN(CC2COc3ccccc3O2)C1. The second-order valence-electron chi connectivity index (χ2n) is 8.20.